The molecule has 7 heteroatoms. The average molecular weight is 385 g/mol. The number of ketones is 1. The summed E-state index contributed by atoms with van der Waals surface area (Å²) in [6, 6.07) is 7.32. The van der Waals surface area contributed by atoms with Crippen molar-refractivity contribution >= 4 is 11.7 Å². The van der Waals surface area contributed by atoms with Crippen LogP contribution in [0.3, 0.4) is 0 Å². The molecule has 0 bridgehead atoms. The van der Waals surface area contributed by atoms with E-state index in [0.29, 0.717) is 35.9 Å². The van der Waals surface area contributed by atoms with Crippen LogP contribution in [0, 0.1) is 17.7 Å². The number of aliphatic hydroxyl groups is 1. The third-order valence-electron chi connectivity index (χ3n) is 5.99. The van der Waals surface area contributed by atoms with Gasteiger partial charge in [0.05, 0.1) is 12.1 Å². The monoisotopic (exact) mass is 385 g/mol. The molecule has 2 aliphatic rings. The van der Waals surface area contributed by atoms with Crippen LogP contribution in [0.4, 0.5) is 4.39 Å². The van der Waals surface area contributed by atoms with Gasteiger partial charge in [-0.3, -0.25) is 14.3 Å². The van der Waals surface area contributed by atoms with Crippen molar-refractivity contribution in [2.24, 2.45) is 11.8 Å². The minimum Gasteiger partial charge on any atom is -0.393 e. The van der Waals surface area contributed by atoms with Gasteiger partial charge in [-0.25, -0.2) is 4.39 Å². The van der Waals surface area contributed by atoms with E-state index in [1.54, 1.807) is 19.1 Å². The number of amides is 1. The van der Waals surface area contributed by atoms with Gasteiger partial charge < -0.3 is 10.4 Å². The third-order valence-corrected chi connectivity index (χ3v) is 5.99. The van der Waals surface area contributed by atoms with Gasteiger partial charge in [-0.05, 0) is 49.3 Å². The van der Waals surface area contributed by atoms with Crippen LogP contribution in [0.15, 0.2) is 30.3 Å². The van der Waals surface area contributed by atoms with Crippen LogP contribution in [-0.4, -0.2) is 38.7 Å². The number of fused-ring (bicyclic) bond motifs is 1. The van der Waals surface area contributed by atoms with Gasteiger partial charge in [0.15, 0.2) is 5.78 Å². The maximum Gasteiger partial charge on any atom is 0.269 e. The number of carbonyl (C=O) groups excluding carboxylic acids is 2. The van der Waals surface area contributed by atoms with Crippen molar-refractivity contribution in [3.63, 3.8) is 0 Å². The highest BCUT2D eigenvalue weighted by molar-refractivity contribution is 5.99. The van der Waals surface area contributed by atoms with Gasteiger partial charge in [0, 0.05) is 18.5 Å². The largest absolute Gasteiger partial charge is 0.393 e. The lowest BCUT2D eigenvalue weighted by Crippen LogP contribution is -2.32. The van der Waals surface area contributed by atoms with E-state index in [1.165, 1.54) is 22.9 Å². The molecule has 0 aliphatic heterocycles. The molecule has 2 aliphatic carbocycles. The molecular formula is C21H24FN3O3. The molecule has 0 spiro atoms. The van der Waals surface area contributed by atoms with Gasteiger partial charge in [-0.1, -0.05) is 19.1 Å². The number of aliphatic hydroxyl groups excluding tert-OH is 1. The van der Waals surface area contributed by atoms with E-state index in [-0.39, 0.29) is 41.8 Å². The molecule has 1 amide bonds. The first kappa shape index (κ1) is 18.8. The van der Waals surface area contributed by atoms with E-state index in [2.05, 4.69) is 10.4 Å². The maximum atomic E-state index is 13.7. The van der Waals surface area contributed by atoms with Gasteiger partial charge in [0.1, 0.15) is 17.2 Å². The Balaban J connectivity index is 1.61. The molecule has 5 atom stereocenters. The van der Waals surface area contributed by atoms with Crippen LogP contribution in [0.1, 0.15) is 65.7 Å². The third kappa shape index (κ3) is 3.35. The van der Waals surface area contributed by atoms with Crippen molar-refractivity contribution in [1.82, 2.24) is 15.1 Å². The summed E-state index contributed by atoms with van der Waals surface area (Å²) in [4.78, 5) is 25.1. The Hall–Kier alpha value is -2.54. The Morgan fingerprint density at radius 1 is 1.32 bits per heavy atom. The molecule has 0 saturated heterocycles. The fourth-order valence-electron chi connectivity index (χ4n) is 4.34. The summed E-state index contributed by atoms with van der Waals surface area (Å²) in [5.74, 6) is -0.150. The molecule has 2 aromatic rings. The summed E-state index contributed by atoms with van der Waals surface area (Å²) in [5, 5.41) is 17.0. The Kier molecular flexibility index (Phi) is 4.79. The number of halogens is 1. The summed E-state index contributed by atoms with van der Waals surface area (Å²) < 4.78 is 15.2. The summed E-state index contributed by atoms with van der Waals surface area (Å²) in [7, 11) is 0. The van der Waals surface area contributed by atoms with Gasteiger partial charge >= 0.3 is 0 Å². The molecular weight excluding hydrogens is 361 g/mol. The van der Waals surface area contributed by atoms with E-state index in [9.17, 15) is 19.1 Å². The smallest absolute Gasteiger partial charge is 0.269 e. The summed E-state index contributed by atoms with van der Waals surface area (Å²) in [6.07, 6.45) is 1.45. The number of hydrogen-bond acceptors (Lipinski definition) is 4. The first-order valence-electron chi connectivity index (χ1n) is 9.76. The van der Waals surface area contributed by atoms with Gasteiger partial charge in [0.25, 0.3) is 5.91 Å². The summed E-state index contributed by atoms with van der Waals surface area (Å²) in [5.41, 5.74) is 1.19. The van der Waals surface area contributed by atoms with Crippen molar-refractivity contribution < 1.29 is 19.1 Å². The number of aromatic nitrogens is 2. The van der Waals surface area contributed by atoms with E-state index < -0.39 is 6.04 Å². The fraction of sp³-hybridized carbons (Fsp3) is 0.476. The van der Waals surface area contributed by atoms with Crippen molar-refractivity contribution in [3.05, 3.63) is 53.1 Å². The van der Waals surface area contributed by atoms with Crippen LogP contribution >= 0.6 is 0 Å². The Labute approximate surface area is 162 Å². The highest BCUT2D eigenvalue weighted by atomic mass is 19.1. The highest BCUT2D eigenvalue weighted by Gasteiger charge is 2.56. The minimum atomic E-state index is -0.407. The molecule has 4 rings (SSSR count). The predicted octanol–water partition coefficient (Wildman–Crippen LogP) is 2.72. The van der Waals surface area contributed by atoms with Crippen molar-refractivity contribution in [1.29, 1.82) is 0 Å². The number of Topliss-reactive ketones (excluding diaryl/α,β-unsaturated/α-hetero) is 1. The molecule has 0 radical (unpaired) electrons. The standard InChI is InChI=1S/C21H24FN3O3/c1-3-19(27)17-10-18(21(28)23-20-15-8-14(26)9-16(15)20)25(24-17)11(2)12-5-4-6-13(22)7-12/h4-7,10-11,14-16,20,26H,3,8-9H2,1-2H3,(H,23,28)/t11-,14?,15-,16+,20?/m0/s1. The maximum absolute atomic E-state index is 13.7. The van der Waals surface area contributed by atoms with Gasteiger partial charge in [-0.2, -0.15) is 5.10 Å². The van der Waals surface area contributed by atoms with Gasteiger partial charge in [0.2, 0.25) is 0 Å². The predicted molar refractivity (Wildman–Crippen MR) is 101 cm³/mol. The minimum absolute atomic E-state index is 0.0639. The molecule has 2 fully saturated rings. The molecule has 1 aromatic heterocycles. The zero-order valence-corrected chi connectivity index (χ0v) is 15.9. The van der Waals surface area contributed by atoms with Crippen LogP contribution in [0.5, 0.6) is 0 Å². The number of nitrogens with zero attached hydrogens (tertiary/aromatic N) is 2. The summed E-state index contributed by atoms with van der Waals surface area (Å²) in [6.45, 7) is 3.56. The lowest BCUT2D eigenvalue weighted by atomic mass is 10.1. The first-order valence-corrected chi connectivity index (χ1v) is 9.76. The molecule has 1 aromatic carbocycles. The highest BCUT2D eigenvalue weighted by Crippen LogP contribution is 2.52. The molecule has 1 heterocycles. The summed E-state index contributed by atoms with van der Waals surface area (Å²) >= 11 is 0. The zero-order chi connectivity index (χ0) is 20.0. The molecule has 28 heavy (non-hydrogen) atoms. The Morgan fingerprint density at radius 2 is 2.04 bits per heavy atom. The zero-order valence-electron chi connectivity index (χ0n) is 15.9. The molecule has 2 N–H and O–H groups in total. The first-order chi connectivity index (χ1) is 13.4. The number of benzene rings is 1. The van der Waals surface area contributed by atoms with Crippen molar-refractivity contribution in [2.45, 2.75) is 51.3 Å². The average Bonchev–Trinajstić information content (AvgIpc) is 3.06. The molecule has 6 nitrogen and oxygen atoms in total. The lowest BCUT2D eigenvalue weighted by molar-refractivity contribution is 0.0924. The van der Waals surface area contributed by atoms with Gasteiger partial charge in [-0.15, -0.1) is 0 Å². The van der Waals surface area contributed by atoms with Crippen LogP contribution in [0.25, 0.3) is 0 Å². The van der Waals surface area contributed by atoms with E-state index in [0.717, 1.165) is 0 Å². The Morgan fingerprint density at radius 3 is 2.68 bits per heavy atom. The number of nitrogens with one attached hydrogen (secondary N) is 1. The van der Waals surface area contributed by atoms with E-state index >= 15 is 0 Å². The lowest BCUT2D eigenvalue weighted by Gasteiger charge is -2.17. The van der Waals surface area contributed by atoms with Crippen LogP contribution in [0.2, 0.25) is 0 Å². The van der Waals surface area contributed by atoms with E-state index in [1.807, 2.05) is 6.92 Å². The van der Waals surface area contributed by atoms with E-state index in [4.69, 9.17) is 0 Å². The fourth-order valence-corrected chi connectivity index (χ4v) is 4.34. The second kappa shape index (κ2) is 7.13. The molecule has 2 saturated carbocycles. The quantitative estimate of drug-likeness (QED) is 0.749. The van der Waals surface area contributed by atoms with Crippen molar-refractivity contribution in [2.75, 3.05) is 0 Å². The molecule has 148 valence electrons. The SMILES string of the molecule is CCC(=O)c1cc(C(=O)NC2[C@H]3CC(O)C[C@@H]23)n([C@@H](C)c2cccc(F)c2)n1. The van der Waals surface area contributed by atoms with Crippen LogP contribution < -0.4 is 5.32 Å². The normalized spacial score (nSPS) is 26.6. The van der Waals surface area contributed by atoms with Crippen LogP contribution in [-0.2, 0) is 0 Å². The molecule has 2 unspecified atom stereocenters. The number of carbonyl (C=O) groups is 2. The second-order valence-electron chi connectivity index (χ2n) is 7.82. The number of hydrogen-bond donors (Lipinski definition) is 2. The second-order valence-corrected chi connectivity index (χ2v) is 7.82. The Bertz CT molecular complexity index is 913. The topological polar surface area (TPSA) is 84.2 Å². The van der Waals surface area contributed by atoms with Crippen molar-refractivity contribution in [3.8, 4) is 0 Å². The number of rotatable bonds is 6.